The monoisotopic (exact) mass is 397 g/mol. The fourth-order valence-electron chi connectivity index (χ4n) is 3.86. The number of rotatable bonds is 7. The zero-order chi connectivity index (χ0) is 20.8. The van der Waals surface area contributed by atoms with Crippen molar-refractivity contribution in [3.8, 4) is 0 Å². The van der Waals surface area contributed by atoms with Crippen LogP contribution in [0.4, 0.5) is 0 Å². The second kappa shape index (κ2) is 9.85. The van der Waals surface area contributed by atoms with E-state index in [0.29, 0.717) is 18.7 Å². The van der Waals surface area contributed by atoms with E-state index in [1.165, 1.54) is 0 Å². The van der Waals surface area contributed by atoms with Crippen LogP contribution in [0.1, 0.15) is 40.9 Å². The van der Waals surface area contributed by atoms with E-state index in [1.807, 2.05) is 55.1 Å². The number of carbonyl (C=O) groups is 1. The maximum absolute atomic E-state index is 13.2. The molecule has 1 saturated heterocycles. The topological polar surface area (TPSA) is 54.8 Å². The van der Waals surface area contributed by atoms with E-state index in [0.717, 1.165) is 43.8 Å². The van der Waals surface area contributed by atoms with Crippen molar-refractivity contribution in [1.29, 1.82) is 0 Å². The number of nitrogens with zero attached hydrogens (tertiary/aromatic N) is 3. The Balaban J connectivity index is 1.75. The van der Waals surface area contributed by atoms with Gasteiger partial charge in [-0.15, -0.1) is 0 Å². The van der Waals surface area contributed by atoms with Crippen LogP contribution in [0.2, 0.25) is 0 Å². The Bertz CT molecular complexity index is 871. The van der Waals surface area contributed by atoms with E-state index >= 15 is 0 Å². The summed E-state index contributed by atoms with van der Waals surface area (Å²) in [6.07, 6.45) is 2.78. The number of amides is 1. The minimum atomic E-state index is -0.214. The molecular weight excluding hydrogens is 366 g/mol. The van der Waals surface area contributed by atoms with Gasteiger partial charge < -0.3 is 14.2 Å². The molecule has 6 heteroatoms. The highest BCUT2D eigenvalue weighted by Gasteiger charge is 2.26. The molecule has 29 heavy (non-hydrogen) atoms. The lowest BCUT2D eigenvalue weighted by atomic mass is 10.1. The molecule has 1 aliphatic rings. The standard InChI is InChI=1S/C23H31N3O3/c1-18-10-12-26(19(2)20-8-5-4-6-9-20)23(28)21(18)22(27)25-15-13-24(14-16-25)11-7-17-29-3/h4-6,8-10,12,19H,7,11,13-17H2,1-3H3. The molecule has 0 aliphatic carbocycles. The Kier molecular flexibility index (Phi) is 7.23. The van der Waals surface area contributed by atoms with Crippen LogP contribution in [0.3, 0.4) is 0 Å². The van der Waals surface area contributed by atoms with E-state index in [-0.39, 0.29) is 17.5 Å². The largest absolute Gasteiger partial charge is 0.385 e. The summed E-state index contributed by atoms with van der Waals surface area (Å²) in [5.74, 6) is -0.154. The van der Waals surface area contributed by atoms with Crippen molar-refractivity contribution in [2.75, 3.05) is 46.4 Å². The molecule has 6 nitrogen and oxygen atoms in total. The van der Waals surface area contributed by atoms with E-state index < -0.39 is 0 Å². The molecule has 1 aromatic heterocycles. The number of methoxy groups -OCH3 is 1. The minimum absolute atomic E-state index is 0.131. The molecule has 1 unspecified atom stereocenters. The Morgan fingerprint density at radius 3 is 2.45 bits per heavy atom. The van der Waals surface area contributed by atoms with Crippen molar-refractivity contribution in [2.45, 2.75) is 26.3 Å². The van der Waals surface area contributed by atoms with Gasteiger partial charge in [0.25, 0.3) is 11.5 Å². The summed E-state index contributed by atoms with van der Waals surface area (Å²) in [5.41, 5.74) is 1.86. The van der Waals surface area contributed by atoms with Gasteiger partial charge in [0.15, 0.2) is 0 Å². The molecule has 1 atom stereocenters. The third-order valence-corrected chi connectivity index (χ3v) is 5.72. The van der Waals surface area contributed by atoms with Gasteiger partial charge in [0.2, 0.25) is 0 Å². The number of aryl methyl sites for hydroxylation is 1. The smallest absolute Gasteiger partial charge is 0.264 e. The zero-order valence-corrected chi connectivity index (χ0v) is 17.6. The molecule has 1 fully saturated rings. The maximum atomic E-state index is 13.2. The highest BCUT2D eigenvalue weighted by atomic mass is 16.5. The lowest BCUT2D eigenvalue weighted by Crippen LogP contribution is -2.50. The fourth-order valence-corrected chi connectivity index (χ4v) is 3.86. The second-order valence-electron chi connectivity index (χ2n) is 7.65. The van der Waals surface area contributed by atoms with Gasteiger partial charge in [0.05, 0.1) is 6.04 Å². The molecule has 1 amide bonds. The fraction of sp³-hybridized carbons (Fsp3) is 0.478. The van der Waals surface area contributed by atoms with Crippen LogP contribution in [-0.2, 0) is 4.74 Å². The van der Waals surface area contributed by atoms with Gasteiger partial charge >= 0.3 is 0 Å². The van der Waals surface area contributed by atoms with Gasteiger partial charge in [-0.2, -0.15) is 0 Å². The first-order valence-corrected chi connectivity index (χ1v) is 10.3. The number of pyridine rings is 1. The average Bonchev–Trinajstić information content (AvgIpc) is 2.74. The van der Waals surface area contributed by atoms with Gasteiger partial charge in [0.1, 0.15) is 5.56 Å². The average molecular weight is 398 g/mol. The lowest BCUT2D eigenvalue weighted by Gasteiger charge is -2.35. The Morgan fingerprint density at radius 1 is 1.10 bits per heavy atom. The first-order valence-electron chi connectivity index (χ1n) is 10.3. The lowest BCUT2D eigenvalue weighted by molar-refractivity contribution is 0.0621. The highest BCUT2D eigenvalue weighted by molar-refractivity contribution is 5.95. The minimum Gasteiger partial charge on any atom is -0.385 e. The molecule has 1 aromatic carbocycles. The van der Waals surface area contributed by atoms with Crippen LogP contribution in [-0.4, -0.2) is 66.7 Å². The molecule has 2 heterocycles. The van der Waals surface area contributed by atoms with Gasteiger partial charge in [-0.3, -0.25) is 14.5 Å². The SMILES string of the molecule is COCCCN1CCN(C(=O)c2c(C)ccn(C(C)c3ccccc3)c2=O)CC1. The number of hydrogen-bond acceptors (Lipinski definition) is 4. The predicted octanol–water partition coefficient (Wildman–Crippen LogP) is 2.56. The van der Waals surface area contributed by atoms with E-state index in [1.54, 1.807) is 17.9 Å². The van der Waals surface area contributed by atoms with Gasteiger partial charge in [0, 0.05) is 52.6 Å². The van der Waals surface area contributed by atoms with Gasteiger partial charge in [-0.25, -0.2) is 0 Å². The van der Waals surface area contributed by atoms with Crippen molar-refractivity contribution in [3.05, 3.63) is 69.6 Å². The van der Waals surface area contributed by atoms with E-state index in [9.17, 15) is 9.59 Å². The van der Waals surface area contributed by atoms with Crippen LogP contribution in [0.5, 0.6) is 0 Å². The molecule has 0 spiro atoms. The van der Waals surface area contributed by atoms with Crippen molar-refractivity contribution in [3.63, 3.8) is 0 Å². The van der Waals surface area contributed by atoms with E-state index in [4.69, 9.17) is 4.74 Å². The number of ether oxygens (including phenoxy) is 1. The molecular formula is C23H31N3O3. The molecule has 0 saturated carbocycles. The number of aromatic nitrogens is 1. The highest BCUT2D eigenvalue weighted by Crippen LogP contribution is 2.17. The number of hydrogen-bond donors (Lipinski definition) is 0. The summed E-state index contributed by atoms with van der Waals surface area (Å²) in [4.78, 5) is 30.6. The van der Waals surface area contributed by atoms with Crippen LogP contribution in [0.25, 0.3) is 0 Å². The molecule has 0 bridgehead atoms. The first kappa shape index (κ1) is 21.3. The third kappa shape index (κ3) is 4.95. The maximum Gasteiger partial charge on any atom is 0.264 e. The summed E-state index contributed by atoms with van der Waals surface area (Å²) in [6, 6.07) is 11.6. The molecule has 0 radical (unpaired) electrons. The second-order valence-corrected chi connectivity index (χ2v) is 7.65. The van der Waals surface area contributed by atoms with Gasteiger partial charge in [-0.05, 0) is 37.5 Å². The van der Waals surface area contributed by atoms with Crippen molar-refractivity contribution < 1.29 is 9.53 Å². The molecule has 1 aliphatic heterocycles. The number of benzene rings is 1. The van der Waals surface area contributed by atoms with Crippen LogP contribution in [0, 0.1) is 6.92 Å². The van der Waals surface area contributed by atoms with Crippen molar-refractivity contribution >= 4 is 5.91 Å². The Labute approximate surface area is 172 Å². The number of carbonyl (C=O) groups excluding carboxylic acids is 1. The summed E-state index contributed by atoms with van der Waals surface area (Å²) < 4.78 is 6.77. The van der Waals surface area contributed by atoms with E-state index in [2.05, 4.69) is 4.90 Å². The summed E-state index contributed by atoms with van der Waals surface area (Å²) in [5, 5.41) is 0. The quantitative estimate of drug-likeness (QED) is 0.674. The molecule has 3 rings (SSSR count). The van der Waals surface area contributed by atoms with Gasteiger partial charge in [-0.1, -0.05) is 30.3 Å². The summed E-state index contributed by atoms with van der Waals surface area (Å²) >= 11 is 0. The molecule has 2 aromatic rings. The zero-order valence-electron chi connectivity index (χ0n) is 17.6. The van der Waals surface area contributed by atoms with Crippen molar-refractivity contribution in [2.24, 2.45) is 0 Å². The van der Waals surface area contributed by atoms with Crippen molar-refractivity contribution in [1.82, 2.24) is 14.4 Å². The normalized spacial score (nSPS) is 16.0. The third-order valence-electron chi connectivity index (χ3n) is 5.72. The predicted molar refractivity (Wildman–Crippen MR) is 115 cm³/mol. The van der Waals surface area contributed by atoms with Crippen LogP contribution < -0.4 is 5.56 Å². The first-order chi connectivity index (χ1) is 14.0. The van der Waals surface area contributed by atoms with Crippen LogP contribution in [0.15, 0.2) is 47.4 Å². The Morgan fingerprint density at radius 2 is 1.79 bits per heavy atom. The summed E-state index contributed by atoms with van der Waals surface area (Å²) in [6.45, 7) is 8.50. The molecule has 0 N–H and O–H groups in total. The Hall–Kier alpha value is -2.44. The number of piperazine rings is 1. The van der Waals surface area contributed by atoms with Crippen LogP contribution >= 0.6 is 0 Å². The molecule has 156 valence electrons. The summed E-state index contributed by atoms with van der Waals surface area (Å²) in [7, 11) is 1.71.